The maximum atomic E-state index is 4.42. The molecule has 2 atom stereocenters. The van der Waals surface area contributed by atoms with Gasteiger partial charge < -0.3 is 0 Å². The van der Waals surface area contributed by atoms with Crippen LogP contribution in [0.5, 0.6) is 0 Å². The molecule has 0 spiro atoms. The van der Waals surface area contributed by atoms with Crippen LogP contribution in [0.2, 0.25) is 0 Å². The first-order valence-corrected chi connectivity index (χ1v) is 8.83. The van der Waals surface area contributed by atoms with Gasteiger partial charge >= 0.3 is 0 Å². The summed E-state index contributed by atoms with van der Waals surface area (Å²) in [5.41, 5.74) is 1.18. The molecule has 0 fully saturated rings. The highest BCUT2D eigenvalue weighted by Gasteiger charge is 2.04. The van der Waals surface area contributed by atoms with E-state index < -0.39 is 0 Å². The van der Waals surface area contributed by atoms with Crippen molar-refractivity contribution in [3.63, 3.8) is 0 Å². The molecule has 0 aromatic carbocycles. The Morgan fingerprint density at radius 1 is 1.05 bits per heavy atom. The summed E-state index contributed by atoms with van der Waals surface area (Å²) >= 11 is 0. The molecule has 0 saturated heterocycles. The summed E-state index contributed by atoms with van der Waals surface area (Å²) in [7, 11) is 0. The van der Waals surface area contributed by atoms with Crippen molar-refractivity contribution >= 4 is 13.1 Å². The number of allylic oxidation sites excluding steroid dienone is 2. The van der Waals surface area contributed by atoms with Crippen LogP contribution in [-0.4, -0.2) is 13.1 Å². The van der Waals surface area contributed by atoms with E-state index in [4.69, 9.17) is 0 Å². The monoisotopic (exact) mass is 292 g/mol. The van der Waals surface area contributed by atoms with Gasteiger partial charge in [0.05, 0.1) is 0 Å². The number of unbranched alkanes of at least 4 members (excludes halogenated alkanes) is 3. The average Bonchev–Trinajstić information content (AvgIpc) is 2.48. The van der Waals surface area contributed by atoms with Gasteiger partial charge in [-0.3, -0.25) is 4.99 Å². The van der Waals surface area contributed by atoms with Crippen molar-refractivity contribution in [3.8, 4) is 0 Å². The predicted molar refractivity (Wildman–Crippen MR) is 97.4 cm³/mol. The Labute approximate surface area is 132 Å². The largest absolute Gasteiger partial charge is 0.253 e. The number of rotatable bonds is 13. The molecule has 0 aromatic heterocycles. The second-order valence-corrected chi connectivity index (χ2v) is 6.32. The number of hydrogen-bond donors (Lipinski definition) is 0. The molecule has 2 unspecified atom stereocenters. The van der Waals surface area contributed by atoms with Gasteiger partial charge in [0.25, 0.3) is 0 Å². The van der Waals surface area contributed by atoms with E-state index in [0.29, 0.717) is 5.92 Å². The van der Waals surface area contributed by atoms with Gasteiger partial charge in [0.2, 0.25) is 0 Å². The molecule has 2 heteroatoms. The van der Waals surface area contributed by atoms with E-state index in [1.807, 2.05) is 0 Å². The first-order valence-electron chi connectivity index (χ1n) is 8.83. The van der Waals surface area contributed by atoms with Crippen molar-refractivity contribution in [2.45, 2.75) is 85.5 Å². The zero-order valence-corrected chi connectivity index (χ0v) is 14.8. The lowest BCUT2D eigenvalue weighted by Gasteiger charge is -2.11. The number of hydrogen-bond acceptors (Lipinski definition) is 1. The van der Waals surface area contributed by atoms with Crippen LogP contribution in [0, 0.1) is 11.8 Å². The highest BCUT2D eigenvalue weighted by molar-refractivity contribution is 5.63. The van der Waals surface area contributed by atoms with Crippen LogP contribution < -0.4 is 0 Å². The van der Waals surface area contributed by atoms with E-state index in [-0.39, 0.29) is 0 Å². The van der Waals surface area contributed by atoms with Gasteiger partial charge in [-0.25, -0.2) is 4.99 Å². The van der Waals surface area contributed by atoms with Crippen molar-refractivity contribution in [3.05, 3.63) is 11.8 Å². The molecule has 0 aromatic rings. The summed E-state index contributed by atoms with van der Waals surface area (Å²) in [6.45, 7) is 12.6. The summed E-state index contributed by atoms with van der Waals surface area (Å²) in [5.74, 6) is 1.43. The van der Waals surface area contributed by atoms with Crippen LogP contribution in [0.4, 0.5) is 0 Å². The Morgan fingerprint density at radius 3 is 2.38 bits per heavy atom. The van der Waals surface area contributed by atoms with Crippen molar-refractivity contribution in [1.82, 2.24) is 0 Å². The lowest BCUT2D eigenvalue weighted by atomic mass is 9.96. The van der Waals surface area contributed by atoms with Gasteiger partial charge in [-0.1, -0.05) is 78.7 Å². The van der Waals surface area contributed by atoms with Crippen LogP contribution in [0.25, 0.3) is 0 Å². The minimum atomic E-state index is 0.591. The van der Waals surface area contributed by atoms with Crippen molar-refractivity contribution in [2.75, 3.05) is 0 Å². The van der Waals surface area contributed by atoms with Crippen LogP contribution >= 0.6 is 0 Å². The van der Waals surface area contributed by atoms with Gasteiger partial charge in [-0.15, -0.1) is 0 Å². The predicted octanol–water partition coefficient (Wildman–Crippen LogP) is 6.42. The van der Waals surface area contributed by atoms with E-state index in [1.165, 1.54) is 50.6 Å². The third kappa shape index (κ3) is 12.5. The maximum Gasteiger partial charge on any atom is 0.114 e. The second-order valence-electron chi connectivity index (χ2n) is 6.32. The third-order valence-electron chi connectivity index (χ3n) is 4.11. The van der Waals surface area contributed by atoms with Crippen LogP contribution in [0.15, 0.2) is 21.8 Å². The molecule has 21 heavy (non-hydrogen) atoms. The Kier molecular flexibility index (Phi) is 13.4. The second kappa shape index (κ2) is 14.0. The van der Waals surface area contributed by atoms with E-state index in [9.17, 15) is 0 Å². The summed E-state index contributed by atoms with van der Waals surface area (Å²) in [5, 5.41) is 0. The summed E-state index contributed by atoms with van der Waals surface area (Å²) in [6, 6.07) is 0. The lowest BCUT2D eigenvalue weighted by Crippen LogP contribution is -1.96. The van der Waals surface area contributed by atoms with E-state index in [0.717, 1.165) is 18.8 Å². The molecule has 0 N–H and O–H groups in total. The first-order chi connectivity index (χ1) is 10.1. The quantitative estimate of drug-likeness (QED) is 0.212. The number of nitrogens with zero attached hydrogens (tertiary/aromatic N) is 2. The Balaban J connectivity index is 4.04. The van der Waals surface area contributed by atoms with Crippen LogP contribution in [0.3, 0.4) is 0 Å². The zero-order valence-electron chi connectivity index (χ0n) is 14.8. The van der Waals surface area contributed by atoms with Crippen LogP contribution in [0.1, 0.15) is 85.5 Å². The Morgan fingerprint density at radius 2 is 1.76 bits per heavy atom. The van der Waals surface area contributed by atoms with Crippen molar-refractivity contribution < 1.29 is 0 Å². The van der Waals surface area contributed by atoms with E-state index in [1.54, 1.807) is 6.34 Å². The molecular formula is C19H36N2. The lowest BCUT2D eigenvalue weighted by molar-refractivity contribution is 0.446. The van der Waals surface area contributed by atoms with Gasteiger partial charge in [0, 0.05) is 5.70 Å². The average molecular weight is 293 g/mol. The van der Waals surface area contributed by atoms with Gasteiger partial charge in [-0.2, -0.15) is 0 Å². The Hall–Kier alpha value is -0.920. The molecule has 0 aliphatic rings. The molecule has 0 heterocycles. The van der Waals surface area contributed by atoms with Gasteiger partial charge in [0.15, 0.2) is 0 Å². The molecule has 2 nitrogen and oxygen atoms in total. The van der Waals surface area contributed by atoms with Gasteiger partial charge in [-0.05, 0) is 31.4 Å². The maximum absolute atomic E-state index is 4.42. The Bertz CT molecular complexity index is 305. The fourth-order valence-corrected chi connectivity index (χ4v) is 2.45. The summed E-state index contributed by atoms with van der Waals surface area (Å²) in [4.78, 5) is 8.15. The fraction of sp³-hybridized carbons (Fsp3) is 0.789. The van der Waals surface area contributed by atoms with E-state index in [2.05, 4.69) is 50.5 Å². The highest BCUT2D eigenvalue weighted by atomic mass is 14.8. The molecule has 0 aliphatic carbocycles. The van der Waals surface area contributed by atoms with E-state index >= 15 is 0 Å². The SMILES string of the molecule is C=NC=NC(=CC(C)CC)CCCC(C)CCCCCC. The molecule has 0 aliphatic heterocycles. The zero-order chi connectivity index (χ0) is 15.9. The standard InChI is InChI=1S/C19H36N2/c1-6-8-9-10-12-18(4)13-11-14-19(21-16-20-5)15-17(3)7-2/h15-18H,5-14H2,1-4H3. The van der Waals surface area contributed by atoms with Crippen LogP contribution in [-0.2, 0) is 0 Å². The molecule has 0 saturated carbocycles. The first kappa shape index (κ1) is 20.1. The minimum absolute atomic E-state index is 0.591. The summed E-state index contributed by atoms with van der Waals surface area (Å²) < 4.78 is 0. The molecule has 0 amide bonds. The molecular weight excluding hydrogens is 256 g/mol. The van der Waals surface area contributed by atoms with Gasteiger partial charge in [0.1, 0.15) is 6.34 Å². The molecule has 122 valence electrons. The normalized spacial score (nSPS) is 15.3. The van der Waals surface area contributed by atoms with Crippen molar-refractivity contribution in [2.24, 2.45) is 21.8 Å². The third-order valence-corrected chi connectivity index (χ3v) is 4.11. The smallest absolute Gasteiger partial charge is 0.114 e. The fourth-order valence-electron chi connectivity index (χ4n) is 2.45. The number of aliphatic imine (C=N–C) groups is 2. The highest BCUT2D eigenvalue weighted by Crippen LogP contribution is 2.20. The topological polar surface area (TPSA) is 24.7 Å². The van der Waals surface area contributed by atoms with Crippen molar-refractivity contribution in [1.29, 1.82) is 0 Å². The molecule has 0 rings (SSSR count). The molecule has 0 radical (unpaired) electrons. The summed E-state index contributed by atoms with van der Waals surface area (Å²) in [6.07, 6.45) is 15.5. The minimum Gasteiger partial charge on any atom is -0.253 e. The molecule has 0 bridgehead atoms.